The van der Waals surface area contributed by atoms with E-state index in [0.717, 1.165) is 33.2 Å². The van der Waals surface area contributed by atoms with E-state index in [0.29, 0.717) is 5.56 Å². The molecule has 2 rings (SSSR count). The smallest absolute Gasteiger partial charge is 0.321 e. The zero-order valence-electron chi connectivity index (χ0n) is 17.0. The lowest BCUT2D eigenvalue weighted by molar-refractivity contribution is -0.141. The minimum absolute atomic E-state index is 0.332. The Balaban J connectivity index is 1.86. The maximum atomic E-state index is 12.3. The van der Waals surface area contributed by atoms with Crippen molar-refractivity contribution in [2.75, 3.05) is 13.2 Å². The van der Waals surface area contributed by atoms with E-state index < -0.39 is 29.1 Å². The van der Waals surface area contributed by atoms with E-state index in [1.165, 1.54) is 6.08 Å². The molecule has 0 amide bonds. The van der Waals surface area contributed by atoms with Crippen molar-refractivity contribution >= 4 is 27.9 Å². The Labute approximate surface area is 171 Å². The quantitative estimate of drug-likeness (QED) is 0.528. The van der Waals surface area contributed by atoms with Crippen LogP contribution in [0.3, 0.4) is 0 Å². The van der Waals surface area contributed by atoms with E-state index in [1.54, 1.807) is 18.2 Å². The molecular weight excluding hydrogens is 390 g/mol. The van der Waals surface area contributed by atoms with Crippen molar-refractivity contribution in [1.29, 1.82) is 0 Å². The molecule has 1 N–H and O–H groups in total. The number of hydrogen-bond acceptors (Lipinski definition) is 5. The van der Waals surface area contributed by atoms with Gasteiger partial charge in [0.2, 0.25) is 15.8 Å². The molecule has 0 heterocycles. The molecule has 0 saturated heterocycles. The third-order valence-corrected chi connectivity index (χ3v) is 5.48. The Morgan fingerprint density at radius 2 is 1.59 bits per heavy atom. The van der Waals surface area contributed by atoms with Crippen molar-refractivity contribution in [1.82, 2.24) is 4.72 Å². The first kappa shape index (κ1) is 22.5. The zero-order chi connectivity index (χ0) is 21.6. The molecule has 0 aliphatic heterocycles. The average molecular weight is 416 g/mol. The van der Waals surface area contributed by atoms with Crippen LogP contribution in [0.25, 0.3) is 6.08 Å². The molecular formula is C22H25NO5S. The highest BCUT2D eigenvalue weighted by molar-refractivity contribution is 7.92. The summed E-state index contributed by atoms with van der Waals surface area (Å²) in [5, 5.41) is 0.981. The van der Waals surface area contributed by atoms with Gasteiger partial charge in [-0.05, 0) is 62.1 Å². The molecule has 6 nitrogen and oxygen atoms in total. The van der Waals surface area contributed by atoms with Crippen LogP contribution in [0.1, 0.15) is 38.2 Å². The third kappa shape index (κ3) is 6.96. The van der Waals surface area contributed by atoms with Gasteiger partial charge in [-0.3, -0.25) is 9.59 Å². The summed E-state index contributed by atoms with van der Waals surface area (Å²) in [4.78, 5) is 24.1. The summed E-state index contributed by atoms with van der Waals surface area (Å²) in [6, 6.07) is 11.0. The summed E-state index contributed by atoms with van der Waals surface area (Å²) in [6.45, 7) is 6.61. The average Bonchev–Trinajstić information content (AvgIpc) is 2.67. The molecule has 2 aromatic rings. The van der Waals surface area contributed by atoms with Crippen molar-refractivity contribution in [3.63, 3.8) is 0 Å². The summed E-state index contributed by atoms with van der Waals surface area (Å²) >= 11 is 0. The summed E-state index contributed by atoms with van der Waals surface area (Å²) < 4.78 is 31.0. The van der Waals surface area contributed by atoms with Crippen molar-refractivity contribution in [3.05, 3.63) is 75.2 Å². The predicted molar refractivity (Wildman–Crippen MR) is 113 cm³/mol. The Hall–Kier alpha value is -2.77. The molecule has 0 unspecified atom stereocenters. The van der Waals surface area contributed by atoms with Gasteiger partial charge in [-0.15, -0.1) is 0 Å². The molecule has 0 spiro atoms. The van der Waals surface area contributed by atoms with Gasteiger partial charge in [-0.2, -0.15) is 0 Å². The summed E-state index contributed by atoms with van der Waals surface area (Å²) in [6.07, 6.45) is 1.43. The maximum Gasteiger partial charge on any atom is 0.321 e. The Morgan fingerprint density at radius 3 is 2.24 bits per heavy atom. The van der Waals surface area contributed by atoms with Crippen molar-refractivity contribution in [3.8, 4) is 0 Å². The fourth-order valence-corrected chi connectivity index (χ4v) is 3.34. The van der Waals surface area contributed by atoms with Gasteiger partial charge in [0.15, 0.2) is 6.61 Å². The van der Waals surface area contributed by atoms with Crippen LogP contribution in [-0.4, -0.2) is 33.3 Å². The molecule has 2 aromatic carbocycles. The molecule has 0 aromatic heterocycles. The maximum absolute atomic E-state index is 12.3. The molecule has 29 heavy (non-hydrogen) atoms. The normalized spacial score (nSPS) is 11.6. The minimum Gasteiger partial charge on any atom is -0.456 e. The number of ketones is 1. The molecule has 0 atom stereocenters. The number of ether oxygens (including phenoxy) is 1. The van der Waals surface area contributed by atoms with E-state index in [-0.39, 0.29) is 5.78 Å². The van der Waals surface area contributed by atoms with Gasteiger partial charge < -0.3 is 4.74 Å². The minimum atomic E-state index is -3.81. The second-order valence-electron chi connectivity index (χ2n) is 6.91. The SMILES string of the molecule is Cc1ccc(/C=C/S(=O)(=O)NCC(=O)OCC(=O)c2cc(C)c(C)cc2C)cc1. The monoisotopic (exact) mass is 415 g/mol. The second kappa shape index (κ2) is 9.62. The fourth-order valence-electron chi connectivity index (χ4n) is 2.59. The van der Waals surface area contributed by atoms with Crippen LogP contribution in [0.15, 0.2) is 41.8 Å². The van der Waals surface area contributed by atoms with E-state index in [9.17, 15) is 18.0 Å². The zero-order valence-corrected chi connectivity index (χ0v) is 17.8. The first-order valence-electron chi connectivity index (χ1n) is 9.08. The fraction of sp³-hybridized carbons (Fsp3) is 0.273. The highest BCUT2D eigenvalue weighted by Crippen LogP contribution is 2.16. The van der Waals surface area contributed by atoms with E-state index in [4.69, 9.17) is 4.74 Å². The lowest BCUT2D eigenvalue weighted by Crippen LogP contribution is -2.30. The van der Waals surface area contributed by atoms with Gasteiger partial charge in [0.1, 0.15) is 6.54 Å². The molecule has 154 valence electrons. The topological polar surface area (TPSA) is 89.5 Å². The molecule has 0 fully saturated rings. The number of Topliss-reactive ketones (excluding diaryl/α,β-unsaturated/α-hetero) is 1. The summed E-state index contributed by atoms with van der Waals surface area (Å²) in [5.74, 6) is -1.16. The second-order valence-corrected chi connectivity index (χ2v) is 8.57. The lowest BCUT2D eigenvalue weighted by Gasteiger charge is -2.09. The van der Waals surface area contributed by atoms with Gasteiger partial charge in [0.25, 0.3) is 0 Å². The lowest BCUT2D eigenvalue weighted by atomic mass is 9.98. The van der Waals surface area contributed by atoms with Crippen LogP contribution < -0.4 is 4.72 Å². The number of carbonyl (C=O) groups excluding carboxylic acids is 2. The van der Waals surface area contributed by atoms with Gasteiger partial charge in [-0.1, -0.05) is 35.9 Å². The molecule has 0 aliphatic carbocycles. The number of aryl methyl sites for hydroxylation is 4. The number of nitrogens with one attached hydrogen (secondary N) is 1. The first-order chi connectivity index (χ1) is 13.6. The summed E-state index contributed by atoms with van der Waals surface area (Å²) in [5.41, 5.74) is 5.12. The van der Waals surface area contributed by atoms with E-state index in [2.05, 4.69) is 4.72 Å². The Bertz CT molecular complexity index is 1040. The van der Waals surface area contributed by atoms with Crippen LogP contribution in [0.4, 0.5) is 0 Å². The van der Waals surface area contributed by atoms with Crippen LogP contribution in [0, 0.1) is 27.7 Å². The number of sulfonamides is 1. The number of rotatable bonds is 8. The van der Waals surface area contributed by atoms with Gasteiger partial charge >= 0.3 is 5.97 Å². The molecule has 0 radical (unpaired) electrons. The van der Waals surface area contributed by atoms with E-state index >= 15 is 0 Å². The molecule has 0 saturated carbocycles. The van der Waals surface area contributed by atoms with Crippen LogP contribution in [-0.2, 0) is 19.6 Å². The highest BCUT2D eigenvalue weighted by atomic mass is 32.2. The highest BCUT2D eigenvalue weighted by Gasteiger charge is 2.15. The molecule has 0 bridgehead atoms. The predicted octanol–water partition coefficient (Wildman–Crippen LogP) is 3.24. The summed E-state index contributed by atoms with van der Waals surface area (Å²) in [7, 11) is -3.81. The van der Waals surface area contributed by atoms with Crippen molar-refractivity contribution < 1.29 is 22.7 Å². The standard InChI is InChI=1S/C22H25NO5S/c1-15-5-7-19(8-6-15)9-10-29(26,27)23-13-22(25)28-14-21(24)20-12-17(3)16(2)11-18(20)4/h5-12,23H,13-14H2,1-4H3/b10-9+. The number of hydrogen-bond donors (Lipinski definition) is 1. The molecule has 7 heteroatoms. The van der Waals surface area contributed by atoms with Crippen molar-refractivity contribution in [2.45, 2.75) is 27.7 Å². The van der Waals surface area contributed by atoms with Crippen molar-refractivity contribution in [2.24, 2.45) is 0 Å². The third-order valence-electron chi connectivity index (χ3n) is 4.44. The van der Waals surface area contributed by atoms with Crippen LogP contribution in [0.5, 0.6) is 0 Å². The number of carbonyl (C=O) groups is 2. The number of benzene rings is 2. The van der Waals surface area contributed by atoms with E-state index in [1.807, 2.05) is 45.9 Å². The molecule has 0 aliphatic rings. The van der Waals surface area contributed by atoms with Gasteiger partial charge in [0, 0.05) is 11.0 Å². The Morgan fingerprint density at radius 1 is 0.966 bits per heavy atom. The Kier molecular flexibility index (Phi) is 7.47. The van der Waals surface area contributed by atoms with Crippen LogP contribution in [0.2, 0.25) is 0 Å². The largest absolute Gasteiger partial charge is 0.456 e. The van der Waals surface area contributed by atoms with Gasteiger partial charge in [0.05, 0.1) is 0 Å². The number of esters is 1. The van der Waals surface area contributed by atoms with Gasteiger partial charge in [-0.25, -0.2) is 13.1 Å². The van der Waals surface area contributed by atoms with Crippen LogP contribution >= 0.6 is 0 Å². The first-order valence-corrected chi connectivity index (χ1v) is 10.6.